The van der Waals surface area contributed by atoms with Crippen LogP contribution in [0.5, 0.6) is 0 Å². The monoisotopic (exact) mass is 389 g/mol. The average molecular weight is 389 g/mol. The summed E-state index contributed by atoms with van der Waals surface area (Å²) in [5, 5.41) is 2.87. The summed E-state index contributed by atoms with van der Waals surface area (Å²) in [6, 6.07) is 16.0. The molecule has 5 nitrogen and oxygen atoms in total. The average Bonchev–Trinajstić information content (AvgIpc) is 2.77. The lowest BCUT2D eigenvalue weighted by Gasteiger charge is -2.34. The third kappa shape index (κ3) is 4.93. The van der Waals surface area contributed by atoms with Crippen LogP contribution < -0.4 is 5.32 Å². The van der Waals surface area contributed by atoms with Gasteiger partial charge in [0.25, 0.3) is 5.91 Å². The Morgan fingerprint density at radius 1 is 1.00 bits per heavy atom. The molecule has 29 heavy (non-hydrogen) atoms. The molecule has 0 unspecified atom stereocenters. The van der Waals surface area contributed by atoms with Gasteiger partial charge in [0.15, 0.2) is 0 Å². The van der Waals surface area contributed by atoms with Gasteiger partial charge in [-0.2, -0.15) is 0 Å². The van der Waals surface area contributed by atoms with Crippen molar-refractivity contribution in [3.05, 3.63) is 71.3 Å². The smallest absolute Gasteiger partial charge is 0.253 e. The van der Waals surface area contributed by atoms with E-state index < -0.39 is 0 Å². The van der Waals surface area contributed by atoms with Gasteiger partial charge in [-0.05, 0) is 42.2 Å². The van der Waals surface area contributed by atoms with Crippen molar-refractivity contribution in [2.75, 3.05) is 38.0 Å². The van der Waals surface area contributed by atoms with Crippen LogP contribution in [0.15, 0.2) is 54.6 Å². The molecular formula is C24H27N3O2. The number of nitrogens with zero attached hydrogens (tertiary/aromatic N) is 2. The van der Waals surface area contributed by atoms with E-state index in [9.17, 15) is 9.59 Å². The molecule has 2 amide bonds. The predicted octanol–water partition coefficient (Wildman–Crippen LogP) is 3.43. The number of benzene rings is 2. The van der Waals surface area contributed by atoms with Crippen LogP contribution in [-0.2, 0) is 11.2 Å². The van der Waals surface area contributed by atoms with E-state index in [1.807, 2.05) is 29.2 Å². The van der Waals surface area contributed by atoms with Gasteiger partial charge in [0.2, 0.25) is 5.91 Å². The van der Waals surface area contributed by atoms with E-state index in [1.54, 1.807) is 0 Å². The van der Waals surface area contributed by atoms with Gasteiger partial charge in [0.05, 0.1) is 0 Å². The fourth-order valence-corrected chi connectivity index (χ4v) is 3.91. The molecular weight excluding hydrogens is 362 g/mol. The number of rotatable bonds is 5. The van der Waals surface area contributed by atoms with Crippen molar-refractivity contribution in [3.63, 3.8) is 0 Å². The van der Waals surface area contributed by atoms with E-state index in [2.05, 4.69) is 46.6 Å². The van der Waals surface area contributed by atoms with Gasteiger partial charge in [-0.1, -0.05) is 42.5 Å². The van der Waals surface area contributed by atoms with E-state index in [0.29, 0.717) is 12.8 Å². The van der Waals surface area contributed by atoms with Crippen LogP contribution in [0, 0.1) is 0 Å². The molecule has 2 aliphatic heterocycles. The number of anilines is 1. The van der Waals surface area contributed by atoms with Crippen LogP contribution in [-0.4, -0.2) is 54.3 Å². The van der Waals surface area contributed by atoms with Crippen molar-refractivity contribution < 1.29 is 9.59 Å². The summed E-state index contributed by atoms with van der Waals surface area (Å²) in [5.74, 6) is 0.139. The Kier molecular flexibility index (Phi) is 6.06. The summed E-state index contributed by atoms with van der Waals surface area (Å²) in [6.07, 6.45) is 6.59. The van der Waals surface area contributed by atoms with Gasteiger partial charge in [-0.15, -0.1) is 0 Å². The normalized spacial score (nSPS) is 17.2. The lowest BCUT2D eigenvalue weighted by molar-refractivity contribution is -0.116. The number of hydrogen-bond donors (Lipinski definition) is 1. The lowest BCUT2D eigenvalue weighted by Crippen LogP contribution is -2.48. The number of carbonyl (C=O) groups is 2. The molecule has 2 aliphatic rings. The van der Waals surface area contributed by atoms with E-state index in [-0.39, 0.29) is 11.8 Å². The summed E-state index contributed by atoms with van der Waals surface area (Å²) in [5.41, 5.74) is 3.84. The molecule has 0 aromatic heterocycles. The van der Waals surface area contributed by atoms with Gasteiger partial charge >= 0.3 is 0 Å². The SMILES string of the molecule is O=C1CCc2cc(C(=O)N3CCN(CC/C=C/c4ccccc4)CC3)ccc2N1. The predicted molar refractivity (Wildman–Crippen MR) is 116 cm³/mol. The highest BCUT2D eigenvalue weighted by atomic mass is 16.2. The number of aryl methyl sites for hydroxylation is 1. The largest absolute Gasteiger partial charge is 0.336 e. The molecule has 0 radical (unpaired) electrons. The molecule has 4 rings (SSSR count). The third-order valence-corrected chi connectivity index (χ3v) is 5.63. The highest BCUT2D eigenvalue weighted by Gasteiger charge is 2.23. The van der Waals surface area contributed by atoms with Gasteiger partial charge in [-0.3, -0.25) is 14.5 Å². The number of hydrogen-bond acceptors (Lipinski definition) is 3. The molecule has 0 atom stereocenters. The number of nitrogens with one attached hydrogen (secondary N) is 1. The Morgan fingerprint density at radius 2 is 1.79 bits per heavy atom. The summed E-state index contributed by atoms with van der Waals surface area (Å²) < 4.78 is 0. The Hall–Kier alpha value is -2.92. The van der Waals surface area contributed by atoms with Crippen LogP contribution in [0.3, 0.4) is 0 Å². The number of fused-ring (bicyclic) bond motifs is 1. The van der Waals surface area contributed by atoms with Crippen molar-refractivity contribution in [2.45, 2.75) is 19.3 Å². The summed E-state index contributed by atoms with van der Waals surface area (Å²) in [6.45, 7) is 4.35. The molecule has 0 bridgehead atoms. The van der Waals surface area contributed by atoms with Crippen molar-refractivity contribution in [3.8, 4) is 0 Å². The number of carbonyl (C=O) groups excluding carboxylic acids is 2. The second-order valence-electron chi connectivity index (χ2n) is 7.66. The number of amides is 2. The second-order valence-corrected chi connectivity index (χ2v) is 7.66. The maximum atomic E-state index is 12.9. The fourth-order valence-electron chi connectivity index (χ4n) is 3.91. The first-order valence-corrected chi connectivity index (χ1v) is 10.3. The van der Waals surface area contributed by atoms with E-state index in [0.717, 1.165) is 56.0 Å². The standard InChI is InChI=1S/C24H27N3O2/c28-23-12-10-20-18-21(9-11-22(20)25-23)24(29)27-16-14-26(15-17-27)13-5-4-8-19-6-2-1-3-7-19/h1-4,6-9,11,18H,5,10,12-17H2,(H,25,28)/b8-4+. The minimum atomic E-state index is 0.0475. The molecule has 5 heteroatoms. The summed E-state index contributed by atoms with van der Waals surface area (Å²) >= 11 is 0. The van der Waals surface area contributed by atoms with Crippen molar-refractivity contribution in [2.24, 2.45) is 0 Å². The third-order valence-electron chi connectivity index (χ3n) is 5.63. The molecule has 2 aromatic rings. The minimum absolute atomic E-state index is 0.0475. The van der Waals surface area contributed by atoms with Crippen molar-refractivity contribution >= 4 is 23.6 Å². The van der Waals surface area contributed by atoms with E-state index in [1.165, 1.54) is 5.56 Å². The van der Waals surface area contributed by atoms with Crippen LogP contribution in [0.1, 0.15) is 34.3 Å². The van der Waals surface area contributed by atoms with Crippen molar-refractivity contribution in [1.29, 1.82) is 0 Å². The quantitative estimate of drug-likeness (QED) is 0.852. The van der Waals surface area contributed by atoms with Gasteiger partial charge in [0.1, 0.15) is 0 Å². The Bertz CT molecular complexity index is 900. The zero-order valence-electron chi connectivity index (χ0n) is 16.6. The minimum Gasteiger partial charge on any atom is -0.336 e. The molecule has 1 fully saturated rings. The summed E-state index contributed by atoms with van der Waals surface area (Å²) in [4.78, 5) is 28.7. The zero-order valence-corrected chi connectivity index (χ0v) is 16.6. The van der Waals surface area contributed by atoms with Crippen LogP contribution in [0.25, 0.3) is 6.08 Å². The first kappa shape index (κ1) is 19.4. The Morgan fingerprint density at radius 3 is 2.59 bits per heavy atom. The molecule has 150 valence electrons. The first-order valence-electron chi connectivity index (χ1n) is 10.3. The van der Waals surface area contributed by atoms with Crippen molar-refractivity contribution in [1.82, 2.24) is 9.80 Å². The Labute approximate surface area is 172 Å². The van der Waals surface area contributed by atoms with Crippen LogP contribution in [0.2, 0.25) is 0 Å². The molecule has 2 aromatic carbocycles. The Balaban J connectivity index is 1.25. The molecule has 0 aliphatic carbocycles. The molecule has 1 saturated heterocycles. The maximum absolute atomic E-state index is 12.9. The highest BCUT2D eigenvalue weighted by molar-refractivity contribution is 5.98. The highest BCUT2D eigenvalue weighted by Crippen LogP contribution is 2.24. The lowest BCUT2D eigenvalue weighted by atomic mass is 10.00. The zero-order chi connectivity index (χ0) is 20.1. The topological polar surface area (TPSA) is 52.7 Å². The summed E-state index contributed by atoms with van der Waals surface area (Å²) in [7, 11) is 0. The first-order chi connectivity index (χ1) is 14.2. The van der Waals surface area contributed by atoms with Crippen LogP contribution in [0.4, 0.5) is 5.69 Å². The van der Waals surface area contributed by atoms with Crippen LogP contribution >= 0.6 is 0 Å². The van der Waals surface area contributed by atoms with Gasteiger partial charge in [0, 0.05) is 50.4 Å². The molecule has 0 spiro atoms. The molecule has 0 saturated carbocycles. The van der Waals surface area contributed by atoms with Gasteiger partial charge in [-0.25, -0.2) is 0 Å². The van der Waals surface area contributed by atoms with E-state index in [4.69, 9.17) is 0 Å². The van der Waals surface area contributed by atoms with E-state index >= 15 is 0 Å². The molecule has 1 N–H and O–H groups in total. The second kappa shape index (κ2) is 9.05. The maximum Gasteiger partial charge on any atom is 0.253 e. The van der Waals surface area contributed by atoms with Gasteiger partial charge < -0.3 is 10.2 Å². The fraction of sp³-hybridized carbons (Fsp3) is 0.333. The molecule has 2 heterocycles. The number of piperazine rings is 1.